The van der Waals surface area contributed by atoms with Gasteiger partial charge in [-0.1, -0.05) is 133 Å². The minimum Gasteiger partial charge on any atom is -0.507 e. The van der Waals surface area contributed by atoms with Crippen LogP contribution in [0, 0.1) is 20.8 Å². The molecule has 5 heteroatoms. The standard InChI is InChI=1S/C55H38N2O3/c1-32-15-4-7-27-44(32)57(46-29-14-25-41-40-24-11-17-34(3)53(40)60-54(41)46)50-43-26-13-23-39-38-20-5-8-28-45(38)56(36-19-12-18-35(31-36)37-22-10-16-33(2)52(37)58)51(48(39)43)55-49(50)42-21-6-9-30-47(42)59-55/h4-31,58H,1-3H3. The first-order valence-electron chi connectivity index (χ1n) is 20.4. The summed E-state index contributed by atoms with van der Waals surface area (Å²) in [5, 5.41) is 17.6. The second-order valence-electron chi connectivity index (χ2n) is 15.9. The Bertz CT molecular complexity index is 3570. The number of para-hydroxylation sites is 6. The van der Waals surface area contributed by atoms with E-state index in [1.807, 2.05) is 31.2 Å². The number of phenolic OH excluding ortho intramolecular Hbond substituents is 1. The predicted octanol–water partition coefficient (Wildman–Crippen LogP) is 15.9. The van der Waals surface area contributed by atoms with Crippen molar-refractivity contribution >= 4 is 88.8 Å². The van der Waals surface area contributed by atoms with Gasteiger partial charge in [0.2, 0.25) is 0 Å². The van der Waals surface area contributed by atoms with Gasteiger partial charge < -0.3 is 23.7 Å². The number of hydrogen-bond acceptors (Lipinski definition) is 5. The predicted molar refractivity (Wildman–Crippen MR) is 248 cm³/mol. The van der Waals surface area contributed by atoms with E-state index in [4.69, 9.17) is 8.83 Å². The van der Waals surface area contributed by atoms with E-state index in [0.29, 0.717) is 0 Å². The molecule has 2 aromatic heterocycles. The molecule has 0 fully saturated rings. The van der Waals surface area contributed by atoms with Crippen molar-refractivity contribution in [1.82, 2.24) is 0 Å². The van der Waals surface area contributed by atoms with Crippen molar-refractivity contribution in [3.8, 4) is 28.0 Å². The van der Waals surface area contributed by atoms with Crippen LogP contribution in [0.1, 0.15) is 16.7 Å². The molecule has 1 aliphatic heterocycles. The molecule has 0 spiro atoms. The van der Waals surface area contributed by atoms with Crippen molar-refractivity contribution in [2.45, 2.75) is 20.8 Å². The fourth-order valence-corrected chi connectivity index (χ4v) is 9.67. The fourth-order valence-electron chi connectivity index (χ4n) is 9.67. The molecule has 286 valence electrons. The lowest BCUT2D eigenvalue weighted by Gasteiger charge is -2.36. The third-order valence-electron chi connectivity index (χ3n) is 12.4. The van der Waals surface area contributed by atoms with Crippen LogP contribution in [-0.2, 0) is 0 Å². The molecule has 60 heavy (non-hydrogen) atoms. The summed E-state index contributed by atoms with van der Waals surface area (Å²) in [5.74, 6) is 0.288. The lowest BCUT2D eigenvalue weighted by atomic mass is 9.88. The van der Waals surface area contributed by atoms with E-state index in [-0.39, 0.29) is 5.75 Å². The van der Waals surface area contributed by atoms with Crippen molar-refractivity contribution in [1.29, 1.82) is 0 Å². The molecule has 0 unspecified atom stereocenters. The summed E-state index contributed by atoms with van der Waals surface area (Å²) in [7, 11) is 0. The highest BCUT2D eigenvalue weighted by Crippen LogP contribution is 2.59. The maximum absolute atomic E-state index is 11.3. The molecule has 5 nitrogen and oxygen atoms in total. The van der Waals surface area contributed by atoms with Crippen LogP contribution in [0.25, 0.3) is 76.9 Å². The lowest BCUT2D eigenvalue weighted by molar-refractivity contribution is 0.473. The lowest BCUT2D eigenvalue weighted by Crippen LogP contribution is -2.17. The molecule has 11 aromatic rings. The van der Waals surface area contributed by atoms with Gasteiger partial charge in [0.25, 0.3) is 0 Å². The Kier molecular flexibility index (Phi) is 7.36. The quantitative estimate of drug-likeness (QED) is 0.189. The fraction of sp³-hybridized carbons (Fsp3) is 0.0545. The molecule has 12 rings (SSSR count). The van der Waals surface area contributed by atoms with Gasteiger partial charge in [0.05, 0.1) is 28.1 Å². The Labute approximate surface area is 346 Å². The first-order valence-corrected chi connectivity index (χ1v) is 20.4. The highest BCUT2D eigenvalue weighted by atomic mass is 16.3. The molecule has 0 aliphatic carbocycles. The van der Waals surface area contributed by atoms with Crippen LogP contribution in [0.3, 0.4) is 0 Å². The normalized spacial score (nSPS) is 12.3. The zero-order chi connectivity index (χ0) is 40.2. The Hall–Kier alpha value is -7.76. The van der Waals surface area contributed by atoms with Gasteiger partial charge in [0, 0.05) is 49.4 Å². The smallest absolute Gasteiger partial charge is 0.162 e. The van der Waals surface area contributed by atoms with Gasteiger partial charge >= 0.3 is 0 Å². The van der Waals surface area contributed by atoms with E-state index < -0.39 is 0 Å². The van der Waals surface area contributed by atoms with Crippen LogP contribution in [0.2, 0.25) is 0 Å². The van der Waals surface area contributed by atoms with Gasteiger partial charge in [-0.05, 0) is 85.0 Å². The minimum atomic E-state index is 0.288. The molecule has 0 atom stereocenters. The Morgan fingerprint density at radius 2 is 1.10 bits per heavy atom. The number of phenols is 1. The van der Waals surface area contributed by atoms with Crippen molar-refractivity contribution in [2.75, 3.05) is 9.80 Å². The van der Waals surface area contributed by atoms with Gasteiger partial charge in [0.1, 0.15) is 16.9 Å². The summed E-state index contributed by atoms with van der Waals surface area (Å²) in [5.41, 5.74) is 16.4. The number of furan rings is 2. The SMILES string of the molecule is Cc1ccccc1N(c1cccc2c1oc1c(C)cccc12)c1c2cccc3c2c(c2oc4ccccc4c12)N(c1cccc(-c2cccc(C)c2O)c1)c1ccccc1-3. The Morgan fingerprint density at radius 3 is 2.00 bits per heavy atom. The van der Waals surface area contributed by atoms with Gasteiger partial charge in [-0.15, -0.1) is 0 Å². The zero-order valence-electron chi connectivity index (χ0n) is 33.3. The number of fused-ring (bicyclic) bond motifs is 9. The molecule has 1 N–H and O–H groups in total. The number of benzene rings is 9. The largest absolute Gasteiger partial charge is 0.507 e. The summed E-state index contributed by atoms with van der Waals surface area (Å²) in [6.45, 7) is 6.23. The summed E-state index contributed by atoms with van der Waals surface area (Å²) >= 11 is 0. The molecule has 0 saturated heterocycles. The van der Waals surface area contributed by atoms with Crippen LogP contribution < -0.4 is 9.80 Å². The Balaban J connectivity index is 1.25. The average Bonchev–Trinajstić information content (AvgIpc) is 3.87. The van der Waals surface area contributed by atoms with E-state index in [2.05, 4.69) is 169 Å². The molecular formula is C55H38N2O3. The van der Waals surface area contributed by atoms with Gasteiger partial charge in [0.15, 0.2) is 11.2 Å². The third kappa shape index (κ3) is 4.80. The molecule has 1 aliphatic rings. The van der Waals surface area contributed by atoms with Crippen LogP contribution in [0.5, 0.6) is 5.75 Å². The van der Waals surface area contributed by atoms with Crippen molar-refractivity contribution in [2.24, 2.45) is 0 Å². The Morgan fingerprint density at radius 1 is 0.467 bits per heavy atom. The van der Waals surface area contributed by atoms with E-state index >= 15 is 0 Å². The topological polar surface area (TPSA) is 53.0 Å². The maximum atomic E-state index is 11.3. The number of rotatable bonds is 5. The number of nitrogens with zero attached hydrogens (tertiary/aromatic N) is 2. The number of aromatic hydroxyl groups is 1. The highest BCUT2D eigenvalue weighted by molar-refractivity contribution is 6.32. The minimum absolute atomic E-state index is 0.288. The molecule has 9 aromatic carbocycles. The van der Waals surface area contributed by atoms with Crippen LogP contribution in [-0.4, -0.2) is 5.11 Å². The number of hydrogen-bond donors (Lipinski definition) is 1. The number of anilines is 6. The maximum Gasteiger partial charge on any atom is 0.162 e. The molecule has 0 saturated carbocycles. The number of aryl methyl sites for hydroxylation is 3. The van der Waals surface area contributed by atoms with Crippen LogP contribution >= 0.6 is 0 Å². The first kappa shape index (κ1) is 34.3. The average molecular weight is 775 g/mol. The van der Waals surface area contributed by atoms with E-state index in [1.54, 1.807) is 0 Å². The second kappa shape index (κ2) is 12.9. The molecule has 0 amide bonds. The van der Waals surface area contributed by atoms with Crippen molar-refractivity contribution in [3.05, 3.63) is 187 Å². The van der Waals surface area contributed by atoms with Gasteiger partial charge in [-0.2, -0.15) is 0 Å². The monoisotopic (exact) mass is 774 g/mol. The molecule has 3 heterocycles. The van der Waals surface area contributed by atoms with Crippen LogP contribution in [0.4, 0.5) is 34.1 Å². The van der Waals surface area contributed by atoms with E-state index in [0.717, 1.165) is 128 Å². The second-order valence-corrected chi connectivity index (χ2v) is 15.9. The van der Waals surface area contributed by atoms with Gasteiger partial charge in [-0.25, -0.2) is 0 Å². The first-order chi connectivity index (χ1) is 29.5. The third-order valence-corrected chi connectivity index (χ3v) is 12.4. The van der Waals surface area contributed by atoms with Crippen LogP contribution in [0.15, 0.2) is 179 Å². The van der Waals surface area contributed by atoms with E-state index in [9.17, 15) is 5.11 Å². The van der Waals surface area contributed by atoms with E-state index in [1.165, 1.54) is 0 Å². The molecular weight excluding hydrogens is 737 g/mol. The molecule has 0 radical (unpaired) electrons. The summed E-state index contributed by atoms with van der Waals surface area (Å²) in [6.07, 6.45) is 0. The van der Waals surface area contributed by atoms with Gasteiger partial charge in [-0.3, -0.25) is 0 Å². The van der Waals surface area contributed by atoms with Crippen molar-refractivity contribution < 1.29 is 13.9 Å². The van der Waals surface area contributed by atoms with Crippen molar-refractivity contribution in [3.63, 3.8) is 0 Å². The summed E-state index contributed by atoms with van der Waals surface area (Å²) < 4.78 is 14.1. The zero-order valence-corrected chi connectivity index (χ0v) is 33.3. The summed E-state index contributed by atoms with van der Waals surface area (Å²) in [4.78, 5) is 4.77. The molecule has 0 bridgehead atoms. The highest BCUT2D eigenvalue weighted by Gasteiger charge is 2.35. The summed E-state index contributed by atoms with van der Waals surface area (Å²) in [6, 6.07) is 59.6.